The molecule has 1 amide bonds. The van der Waals surface area contributed by atoms with Crippen LogP contribution in [-0.2, 0) is 4.79 Å². The van der Waals surface area contributed by atoms with Gasteiger partial charge < -0.3 is 15.3 Å². The van der Waals surface area contributed by atoms with Gasteiger partial charge in [-0.3, -0.25) is 4.79 Å². The second kappa shape index (κ2) is 8.47. The van der Waals surface area contributed by atoms with Gasteiger partial charge in [0, 0.05) is 26.0 Å². The van der Waals surface area contributed by atoms with E-state index in [9.17, 15) is 9.90 Å². The third-order valence-electron chi connectivity index (χ3n) is 3.38. The van der Waals surface area contributed by atoms with Gasteiger partial charge in [-0.1, -0.05) is 26.7 Å². The van der Waals surface area contributed by atoms with Crippen LogP contribution in [0.25, 0.3) is 0 Å². The average molecular weight is 280 g/mol. The smallest absolute Gasteiger partial charge is 0.239 e. The van der Waals surface area contributed by atoms with Gasteiger partial charge in [0.15, 0.2) is 0 Å². The Balaban J connectivity index is 2.37. The Morgan fingerprint density at radius 3 is 2.50 bits per heavy atom. The van der Waals surface area contributed by atoms with Gasteiger partial charge in [-0.25, -0.2) is 9.97 Å². The molecule has 1 rings (SSSR count). The number of aliphatic hydroxyl groups excluding tert-OH is 1. The number of aliphatic hydroxyl groups is 1. The molecular formula is C14H24N4O2. The molecule has 0 aromatic carbocycles. The first-order chi connectivity index (χ1) is 9.58. The Bertz CT molecular complexity index is 395. The Hall–Kier alpha value is -1.69. The maximum atomic E-state index is 11.8. The monoisotopic (exact) mass is 280 g/mol. The fraction of sp³-hybridized carbons (Fsp3) is 0.643. The van der Waals surface area contributed by atoms with Crippen LogP contribution < -0.4 is 10.2 Å². The molecule has 0 saturated heterocycles. The number of aromatic nitrogens is 2. The van der Waals surface area contributed by atoms with Crippen molar-refractivity contribution < 1.29 is 9.90 Å². The van der Waals surface area contributed by atoms with Crippen molar-refractivity contribution in [2.24, 2.45) is 5.92 Å². The fourth-order valence-corrected chi connectivity index (χ4v) is 2.05. The molecule has 0 aliphatic heterocycles. The van der Waals surface area contributed by atoms with E-state index in [2.05, 4.69) is 15.3 Å². The van der Waals surface area contributed by atoms with Crippen LogP contribution in [0.1, 0.15) is 26.7 Å². The number of nitrogens with zero attached hydrogens (tertiary/aromatic N) is 3. The lowest BCUT2D eigenvalue weighted by Gasteiger charge is -2.21. The van der Waals surface area contributed by atoms with Crippen LogP contribution in [0.3, 0.4) is 0 Å². The SMILES string of the molecule is CCC(CC)C(O)CNC(=O)CN(C)c1ncccn1. The van der Waals surface area contributed by atoms with Crippen LogP contribution in [-0.4, -0.2) is 47.2 Å². The predicted octanol–water partition coefficient (Wildman–Crippen LogP) is 0.826. The highest BCUT2D eigenvalue weighted by molar-refractivity contribution is 5.80. The molecule has 1 aromatic heterocycles. The Morgan fingerprint density at radius 1 is 1.35 bits per heavy atom. The molecule has 1 unspecified atom stereocenters. The molecule has 1 atom stereocenters. The quantitative estimate of drug-likeness (QED) is 0.737. The summed E-state index contributed by atoms with van der Waals surface area (Å²) in [4.78, 5) is 21.6. The molecule has 6 heteroatoms. The third kappa shape index (κ3) is 5.13. The van der Waals surface area contributed by atoms with Crippen molar-refractivity contribution in [2.75, 3.05) is 25.0 Å². The lowest BCUT2D eigenvalue weighted by Crippen LogP contribution is -2.41. The lowest BCUT2D eigenvalue weighted by molar-refractivity contribution is -0.120. The number of carbonyl (C=O) groups excluding carboxylic acids is 1. The first-order valence-corrected chi connectivity index (χ1v) is 7.01. The summed E-state index contributed by atoms with van der Waals surface area (Å²) in [5.74, 6) is 0.582. The predicted molar refractivity (Wildman–Crippen MR) is 78.4 cm³/mol. The first-order valence-electron chi connectivity index (χ1n) is 7.01. The molecule has 1 heterocycles. The molecule has 0 saturated carbocycles. The number of anilines is 1. The van der Waals surface area contributed by atoms with Crippen LogP contribution >= 0.6 is 0 Å². The number of nitrogens with one attached hydrogen (secondary N) is 1. The minimum atomic E-state index is -0.493. The summed E-state index contributed by atoms with van der Waals surface area (Å²) in [6.45, 7) is 4.54. The van der Waals surface area contributed by atoms with Gasteiger partial charge >= 0.3 is 0 Å². The molecule has 6 nitrogen and oxygen atoms in total. The summed E-state index contributed by atoms with van der Waals surface area (Å²) in [6, 6.07) is 1.73. The van der Waals surface area contributed by atoms with Crippen molar-refractivity contribution in [3.05, 3.63) is 18.5 Å². The summed E-state index contributed by atoms with van der Waals surface area (Å²) in [5.41, 5.74) is 0. The molecule has 0 aliphatic rings. The van der Waals surface area contributed by atoms with Crippen LogP contribution in [0.5, 0.6) is 0 Å². The van der Waals surface area contributed by atoms with Gasteiger partial charge in [-0.05, 0) is 12.0 Å². The normalized spacial score (nSPS) is 12.2. The van der Waals surface area contributed by atoms with E-state index in [0.717, 1.165) is 12.8 Å². The van der Waals surface area contributed by atoms with Gasteiger partial charge in [0.25, 0.3) is 0 Å². The van der Waals surface area contributed by atoms with Crippen molar-refractivity contribution >= 4 is 11.9 Å². The molecule has 0 fully saturated rings. The Labute approximate surface area is 120 Å². The van der Waals surface area contributed by atoms with Crippen LogP contribution in [0, 0.1) is 5.92 Å². The Kier molecular flexibility index (Phi) is 6.93. The summed E-state index contributed by atoms with van der Waals surface area (Å²) in [6.07, 6.45) is 4.59. The highest BCUT2D eigenvalue weighted by Gasteiger charge is 2.17. The fourth-order valence-electron chi connectivity index (χ4n) is 2.05. The van der Waals surface area contributed by atoms with E-state index >= 15 is 0 Å². The highest BCUT2D eigenvalue weighted by Crippen LogP contribution is 2.12. The minimum absolute atomic E-state index is 0.148. The molecule has 0 spiro atoms. The number of carbonyl (C=O) groups is 1. The molecule has 2 N–H and O–H groups in total. The zero-order valence-corrected chi connectivity index (χ0v) is 12.4. The van der Waals surface area contributed by atoms with Crippen molar-refractivity contribution in [2.45, 2.75) is 32.8 Å². The number of likely N-dealkylation sites (N-methyl/N-ethyl adjacent to an activating group) is 1. The minimum Gasteiger partial charge on any atom is -0.391 e. The topological polar surface area (TPSA) is 78.4 Å². The van der Waals surface area contributed by atoms with E-state index in [1.165, 1.54) is 0 Å². The number of amides is 1. The summed E-state index contributed by atoms with van der Waals surface area (Å²) >= 11 is 0. The summed E-state index contributed by atoms with van der Waals surface area (Å²) < 4.78 is 0. The average Bonchev–Trinajstić information content (AvgIpc) is 2.47. The van der Waals surface area contributed by atoms with E-state index in [-0.39, 0.29) is 24.9 Å². The molecule has 0 bridgehead atoms. The van der Waals surface area contributed by atoms with E-state index in [0.29, 0.717) is 5.95 Å². The van der Waals surface area contributed by atoms with Gasteiger partial charge in [-0.15, -0.1) is 0 Å². The largest absolute Gasteiger partial charge is 0.391 e. The van der Waals surface area contributed by atoms with Crippen molar-refractivity contribution in [1.82, 2.24) is 15.3 Å². The van der Waals surface area contributed by atoms with Gasteiger partial charge in [0.05, 0.1) is 12.6 Å². The van der Waals surface area contributed by atoms with E-state index < -0.39 is 6.10 Å². The maximum absolute atomic E-state index is 11.8. The van der Waals surface area contributed by atoms with E-state index in [1.807, 2.05) is 13.8 Å². The maximum Gasteiger partial charge on any atom is 0.239 e. The molecule has 1 aromatic rings. The van der Waals surface area contributed by atoms with Gasteiger partial charge in [-0.2, -0.15) is 0 Å². The van der Waals surface area contributed by atoms with Crippen molar-refractivity contribution in [3.8, 4) is 0 Å². The van der Waals surface area contributed by atoms with E-state index in [4.69, 9.17) is 0 Å². The number of hydrogen-bond acceptors (Lipinski definition) is 5. The second-order valence-corrected chi connectivity index (χ2v) is 4.85. The Morgan fingerprint density at radius 2 is 1.95 bits per heavy atom. The summed E-state index contributed by atoms with van der Waals surface area (Å²) in [7, 11) is 1.76. The van der Waals surface area contributed by atoms with Crippen LogP contribution in [0.15, 0.2) is 18.5 Å². The zero-order chi connectivity index (χ0) is 15.0. The molecule has 20 heavy (non-hydrogen) atoms. The van der Waals surface area contributed by atoms with Crippen molar-refractivity contribution in [3.63, 3.8) is 0 Å². The summed E-state index contributed by atoms with van der Waals surface area (Å²) in [5, 5.41) is 12.7. The standard InChI is InChI=1S/C14H24N4O2/c1-4-11(5-2)12(19)9-17-13(20)10-18(3)14-15-7-6-8-16-14/h6-8,11-12,19H,4-5,9-10H2,1-3H3,(H,17,20). The van der Waals surface area contributed by atoms with E-state index in [1.54, 1.807) is 30.4 Å². The second-order valence-electron chi connectivity index (χ2n) is 4.85. The van der Waals surface area contributed by atoms with Crippen molar-refractivity contribution in [1.29, 1.82) is 0 Å². The molecule has 112 valence electrons. The molecule has 0 radical (unpaired) electrons. The zero-order valence-electron chi connectivity index (χ0n) is 12.4. The first kappa shape index (κ1) is 16.4. The van der Waals surface area contributed by atoms with Crippen LogP contribution in [0.2, 0.25) is 0 Å². The number of hydrogen-bond donors (Lipinski definition) is 2. The molecule has 0 aliphatic carbocycles. The highest BCUT2D eigenvalue weighted by atomic mass is 16.3. The number of rotatable bonds is 8. The molecular weight excluding hydrogens is 256 g/mol. The lowest BCUT2D eigenvalue weighted by atomic mass is 9.96. The van der Waals surface area contributed by atoms with Crippen LogP contribution in [0.4, 0.5) is 5.95 Å². The van der Waals surface area contributed by atoms with Gasteiger partial charge in [0.2, 0.25) is 11.9 Å². The third-order valence-corrected chi connectivity index (χ3v) is 3.38. The van der Waals surface area contributed by atoms with Gasteiger partial charge in [0.1, 0.15) is 0 Å².